The van der Waals surface area contributed by atoms with E-state index in [9.17, 15) is 0 Å². The molecule has 3 aromatic heterocycles. The SMILES string of the molecule is C[Si](C)(C)CCOCn1cc(-c2ccn(C3CCCCO3)n2)c2c(N3CCCCC3)c(Br)cnc21. The Morgan fingerprint density at radius 3 is 2.71 bits per heavy atom. The number of hydrogen-bond acceptors (Lipinski definition) is 5. The van der Waals surface area contributed by atoms with Gasteiger partial charge in [0.05, 0.1) is 21.2 Å². The van der Waals surface area contributed by atoms with Gasteiger partial charge in [0.2, 0.25) is 0 Å². The van der Waals surface area contributed by atoms with Crippen molar-refractivity contribution < 1.29 is 9.47 Å². The number of halogens is 1. The molecule has 0 aliphatic carbocycles. The van der Waals surface area contributed by atoms with Crippen LogP contribution in [0.2, 0.25) is 25.7 Å². The number of pyridine rings is 1. The topological polar surface area (TPSA) is 57.3 Å². The maximum atomic E-state index is 6.16. The fraction of sp³-hybridized carbons (Fsp3) is 0.615. The van der Waals surface area contributed by atoms with Crippen LogP contribution in [0.3, 0.4) is 0 Å². The van der Waals surface area contributed by atoms with Crippen LogP contribution in [0.15, 0.2) is 29.1 Å². The molecule has 2 fully saturated rings. The van der Waals surface area contributed by atoms with Gasteiger partial charge < -0.3 is 18.9 Å². The van der Waals surface area contributed by atoms with Crippen molar-refractivity contribution in [3.05, 3.63) is 29.1 Å². The maximum absolute atomic E-state index is 6.16. The number of nitrogens with zero attached hydrogens (tertiary/aromatic N) is 5. The van der Waals surface area contributed by atoms with Crippen molar-refractivity contribution in [1.82, 2.24) is 19.3 Å². The van der Waals surface area contributed by atoms with Gasteiger partial charge in [0.15, 0.2) is 0 Å². The average molecular weight is 561 g/mol. The molecule has 35 heavy (non-hydrogen) atoms. The van der Waals surface area contributed by atoms with Gasteiger partial charge in [-0.3, -0.25) is 0 Å². The van der Waals surface area contributed by atoms with Gasteiger partial charge >= 0.3 is 0 Å². The summed E-state index contributed by atoms with van der Waals surface area (Å²) < 4.78 is 17.3. The van der Waals surface area contributed by atoms with Crippen LogP contribution in [0.25, 0.3) is 22.3 Å². The lowest BCUT2D eigenvalue weighted by Crippen LogP contribution is -2.30. The zero-order valence-electron chi connectivity index (χ0n) is 21.3. The Balaban J connectivity index is 1.53. The van der Waals surface area contributed by atoms with E-state index >= 15 is 0 Å². The lowest BCUT2D eigenvalue weighted by atomic mass is 10.1. The Hall–Kier alpha value is -1.68. The second-order valence-electron chi connectivity index (χ2n) is 11.1. The molecule has 190 valence electrons. The third kappa shape index (κ3) is 5.68. The average Bonchev–Trinajstić information content (AvgIpc) is 3.48. The molecule has 3 aromatic rings. The van der Waals surface area contributed by atoms with Gasteiger partial charge in [-0.1, -0.05) is 19.6 Å². The number of fused-ring (bicyclic) bond motifs is 1. The fourth-order valence-electron chi connectivity index (χ4n) is 5.05. The summed E-state index contributed by atoms with van der Waals surface area (Å²) in [7, 11) is -1.14. The molecule has 2 saturated heterocycles. The summed E-state index contributed by atoms with van der Waals surface area (Å²) in [4.78, 5) is 7.38. The highest BCUT2D eigenvalue weighted by molar-refractivity contribution is 9.10. The molecular formula is C26H38BrN5O2Si. The first-order valence-corrected chi connectivity index (χ1v) is 17.6. The minimum Gasteiger partial charge on any atom is -0.370 e. The Bertz CT molecular complexity index is 1140. The fourth-order valence-corrected chi connectivity index (χ4v) is 6.36. The summed E-state index contributed by atoms with van der Waals surface area (Å²) in [6.45, 7) is 11.4. The first-order chi connectivity index (χ1) is 16.9. The lowest BCUT2D eigenvalue weighted by Gasteiger charge is -2.30. The van der Waals surface area contributed by atoms with Crippen LogP contribution in [-0.2, 0) is 16.2 Å². The molecule has 1 unspecified atom stereocenters. The van der Waals surface area contributed by atoms with E-state index in [-0.39, 0.29) is 6.23 Å². The quantitative estimate of drug-likeness (QED) is 0.228. The summed E-state index contributed by atoms with van der Waals surface area (Å²) in [6.07, 6.45) is 13.3. The molecule has 5 heterocycles. The molecule has 9 heteroatoms. The predicted molar refractivity (Wildman–Crippen MR) is 148 cm³/mol. The van der Waals surface area contributed by atoms with Crippen LogP contribution in [-0.4, -0.2) is 53.7 Å². The highest BCUT2D eigenvalue weighted by Gasteiger charge is 2.25. The normalized spacial score (nSPS) is 19.5. The summed E-state index contributed by atoms with van der Waals surface area (Å²) >= 11 is 3.84. The summed E-state index contributed by atoms with van der Waals surface area (Å²) in [6, 6.07) is 3.27. The summed E-state index contributed by atoms with van der Waals surface area (Å²) in [5.74, 6) is 0. The Labute approximate surface area is 217 Å². The number of hydrogen-bond donors (Lipinski definition) is 0. The van der Waals surface area contributed by atoms with Gasteiger partial charge in [-0.05, 0) is 66.6 Å². The zero-order chi connectivity index (χ0) is 24.4. The molecular weight excluding hydrogens is 522 g/mol. The predicted octanol–water partition coefficient (Wildman–Crippen LogP) is 6.66. The highest BCUT2D eigenvalue weighted by Crippen LogP contribution is 2.41. The van der Waals surface area contributed by atoms with Gasteiger partial charge in [0.1, 0.15) is 18.6 Å². The summed E-state index contributed by atoms with van der Waals surface area (Å²) in [5.41, 5.74) is 4.26. The van der Waals surface area contributed by atoms with Gasteiger partial charge in [0.25, 0.3) is 0 Å². The number of anilines is 1. The van der Waals surface area contributed by atoms with Gasteiger partial charge in [0, 0.05) is 58.5 Å². The molecule has 7 nitrogen and oxygen atoms in total. The van der Waals surface area contributed by atoms with Crippen LogP contribution in [0.5, 0.6) is 0 Å². The van der Waals surface area contributed by atoms with Gasteiger partial charge in [-0.2, -0.15) is 5.10 Å². The van der Waals surface area contributed by atoms with Crippen molar-refractivity contribution >= 4 is 40.7 Å². The molecule has 0 N–H and O–H groups in total. The minimum atomic E-state index is -1.14. The van der Waals surface area contributed by atoms with Crippen molar-refractivity contribution in [3.63, 3.8) is 0 Å². The van der Waals surface area contributed by atoms with Crippen molar-refractivity contribution in [3.8, 4) is 11.3 Å². The smallest absolute Gasteiger partial charge is 0.150 e. The van der Waals surface area contributed by atoms with E-state index in [4.69, 9.17) is 19.6 Å². The van der Waals surface area contributed by atoms with Crippen molar-refractivity contribution in [2.45, 2.75) is 77.2 Å². The van der Waals surface area contributed by atoms with E-state index in [1.54, 1.807) is 0 Å². The number of rotatable bonds is 8. The van der Waals surface area contributed by atoms with Crippen LogP contribution >= 0.6 is 15.9 Å². The van der Waals surface area contributed by atoms with Crippen molar-refractivity contribution in [2.24, 2.45) is 0 Å². The largest absolute Gasteiger partial charge is 0.370 e. The monoisotopic (exact) mass is 559 g/mol. The molecule has 2 aliphatic heterocycles. The first kappa shape index (κ1) is 25.0. The lowest BCUT2D eigenvalue weighted by molar-refractivity contribution is -0.0393. The third-order valence-corrected chi connectivity index (χ3v) is 9.33. The van der Waals surface area contributed by atoms with E-state index in [0.717, 1.165) is 72.0 Å². The van der Waals surface area contributed by atoms with Crippen LogP contribution < -0.4 is 4.90 Å². The summed E-state index contributed by atoms with van der Waals surface area (Å²) in [5, 5.41) is 6.15. The maximum Gasteiger partial charge on any atom is 0.150 e. The highest BCUT2D eigenvalue weighted by atomic mass is 79.9. The number of piperidine rings is 1. The van der Waals surface area contributed by atoms with E-state index in [1.807, 2.05) is 10.9 Å². The van der Waals surface area contributed by atoms with Crippen LogP contribution in [0, 0.1) is 0 Å². The molecule has 0 amide bonds. The molecule has 1 atom stereocenters. The number of aromatic nitrogens is 4. The van der Waals surface area contributed by atoms with E-state index in [0.29, 0.717) is 6.73 Å². The van der Waals surface area contributed by atoms with Gasteiger partial charge in [-0.25, -0.2) is 9.67 Å². The van der Waals surface area contributed by atoms with Crippen molar-refractivity contribution in [2.75, 3.05) is 31.2 Å². The van der Waals surface area contributed by atoms with Gasteiger partial charge in [-0.15, -0.1) is 0 Å². The Kier molecular flexibility index (Phi) is 7.67. The molecule has 2 aliphatic rings. The van der Waals surface area contributed by atoms with E-state index < -0.39 is 8.07 Å². The molecule has 0 saturated carbocycles. The molecule has 0 radical (unpaired) electrons. The van der Waals surface area contributed by atoms with E-state index in [2.05, 4.69) is 63.5 Å². The molecule has 0 aromatic carbocycles. The first-order valence-electron chi connectivity index (χ1n) is 13.1. The Morgan fingerprint density at radius 1 is 1.14 bits per heavy atom. The molecule has 0 bridgehead atoms. The minimum absolute atomic E-state index is 0.0298. The molecule has 5 rings (SSSR count). The molecule has 0 spiro atoms. The van der Waals surface area contributed by atoms with E-state index in [1.165, 1.54) is 31.4 Å². The second-order valence-corrected chi connectivity index (χ2v) is 17.5. The second kappa shape index (κ2) is 10.7. The standard InChI is InChI=1S/C26H38BrN5O2Si/c1-35(2,3)16-15-33-19-31-18-20(22-10-13-32(29-22)23-9-5-8-14-34-23)24-25(21(27)17-28-26(24)31)30-11-6-4-7-12-30/h10,13,17-18,23H,4-9,11-12,14-16,19H2,1-3H3. The Morgan fingerprint density at radius 2 is 1.97 bits per heavy atom. The zero-order valence-corrected chi connectivity index (χ0v) is 23.9. The van der Waals surface area contributed by atoms with Crippen molar-refractivity contribution in [1.29, 1.82) is 0 Å². The van der Waals surface area contributed by atoms with Crippen LogP contribution in [0.1, 0.15) is 44.8 Å². The third-order valence-electron chi connectivity index (χ3n) is 7.05. The number of ether oxygens (including phenoxy) is 2. The van der Waals surface area contributed by atoms with Crippen LogP contribution in [0.4, 0.5) is 5.69 Å².